The smallest absolute Gasteiger partial charge is 0.0934 e. The molecule has 0 aliphatic rings. The second kappa shape index (κ2) is 12.6. The molecule has 2 heteroatoms. The molecule has 0 spiro atoms. The van der Waals surface area contributed by atoms with E-state index in [1.807, 2.05) is 6.92 Å². The van der Waals surface area contributed by atoms with E-state index in [1.54, 1.807) is 0 Å². The summed E-state index contributed by atoms with van der Waals surface area (Å²) in [5, 5.41) is 10.4. The Labute approximate surface area is 127 Å². The lowest BCUT2D eigenvalue weighted by Gasteiger charge is -2.36. The van der Waals surface area contributed by atoms with Crippen molar-refractivity contribution in [1.82, 2.24) is 0 Å². The van der Waals surface area contributed by atoms with Gasteiger partial charge in [-0.2, -0.15) is 0 Å². The van der Waals surface area contributed by atoms with Crippen molar-refractivity contribution in [3.63, 3.8) is 0 Å². The highest BCUT2D eigenvalue weighted by atomic mass is 16.5. The third kappa shape index (κ3) is 7.64. The fourth-order valence-corrected chi connectivity index (χ4v) is 3.04. The summed E-state index contributed by atoms with van der Waals surface area (Å²) in [6, 6.07) is 0. The first kappa shape index (κ1) is 19.9. The molecule has 0 aromatic heterocycles. The maximum absolute atomic E-state index is 10.4. The molecule has 0 aliphatic heterocycles. The minimum Gasteiger partial charge on any atom is -0.390 e. The molecule has 0 aromatic carbocycles. The van der Waals surface area contributed by atoms with E-state index in [-0.39, 0.29) is 11.7 Å². The fraction of sp³-hybridized carbons (Fsp3) is 1.00. The minimum absolute atomic E-state index is 0.308. The van der Waals surface area contributed by atoms with Crippen molar-refractivity contribution in [3.05, 3.63) is 0 Å². The molecule has 0 aliphatic carbocycles. The van der Waals surface area contributed by atoms with Gasteiger partial charge in [-0.15, -0.1) is 0 Å². The molecule has 0 rings (SSSR count). The van der Waals surface area contributed by atoms with E-state index in [4.69, 9.17) is 4.74 Å². The third-order valence-electron chi connectivity index (χ3n) is 4.57. The lowest BCUT2D eigenvalue weighted by molar-refractivity contribution is -0.127. The van der Waals surface area contributed by atoms with E-state index in [2.05, 4.69) is 20.8 Å². The van der Waals surface area contributed by atoms with Crippen molar-refractivity contribution in [2.24, 2.45) is 0 Å². The maximum atomic E-state index is 10.4. The molecule has 0 bridgehead atoms. The Morgan fingerprint density at radius 3 is 1.75 bits per heavy atom. The molecule has 1 atom stereocenters. The predicted octanol–water partition coefficient (Wildman–Crippen LogP) is 5.47. The highest BCUT2D eigenvalue weighted by Crippen LogP contribution is 2.28. The predicted molar refractivity (Wildman–Crippen MR) is 88.2 cm³/mol. The number of aliphatic hydroxyl groups is 1. The minimum atomic E-state index is -0.310. The van der Waals surface area contributed by atoms with E-state index in [0.717, 1.165) is 25.7 Å². The Balaban J connectivity index is 3.76. The van der Waals surface area contributed by atoms with Crippen LogP contribution < -0.4 is 0 Å². The summed E-state index contributed by atoms with van der Waals surface area (Å²) in [4.78, 5) is 0. The standard InChI is InChI=1S/C18H38O2/c1-5-9-10-11-12-13-14-15-16-17(19)18(6-2,7-3)20-8-4/h17,19H,5-16H2,1-4H3. The normalized spacial score (nSPS) is 13.7. The quantitative estimate of drug-likeness (QED) is 0.429. The molecule has 1 unspecified atom stereocenters. The summed E-state index contributed by atoms with van der Waals surface area (Å²) in [6.07, 6.45) is 12.9. The lowest BCUT2D eigenvalue weighted by Crippen LogP contribution is -2.44. The first-order chi connectivity index (χ1) is 9.66. The Bertz CT molecular complexity index is 200. The van der Waals surface area contributed by atoms with Crippen molar-refractivity contribution >= 4 is 0 Å². The van der Waals surface area contributed by atoms with Gasteiger partial charge >= 0.3 is 0 Å². The third-order valence-corrected chi connectivity index (χ3v) is 4.57. The summed E-state index contributed by atoms with van der Waals surface area (Å²) in [7, 11) is 0. The monoisotopic (exact) mass is 286 g/mol. The van der Waals surface area contributed by atoms with Gasteiger partial charge in [0.25, 0.3) is 0 Å². The first-order valence-electron chi connectivity index (χ1n) is 8.98. The van der Waals surface area contributed by atoms with Crippen LogP contribution in [0, 0.1) is 0 Å². The van der Waals surface area contributed by atoms with Gasteiger partial charge in [-0.05, 0) is 26.2 Å². The Morgan fingerprint density at radius 1 is 0.800 bits per heavy atom. The zero-order chi connectivity index (χ0) is 15.3. The average Bonchev–Trinajstić information content (AvgIpc) is 2.47. The molecule has 0 aromatic rings. The Morgan fingerprint density at radius 2 is 1.30 bits per heavy atom. The molecule has 0 amide bonds. The van der Waals surface area contributed by atoms with Crippen molar-refractivity contribution in [1.29, 1.82) is 0 Å². The molecule has 0 heterocycles. The van der Waals surface area contributed by atoms with Gasteiger partial charge in [0.1, 0.15) is 0 Å². The fourth-order valence-electron chi connectivity index (χ4n) is 3.04. The van der Waals surface area contributed by atoms with Crippen LogP contribution in [0.25, 0.3) is 0 Å². The topological polar surface area (TPSA) is 29.5 Å². The molecule has 1 N–H and O–H groups in total. The van der Waals surface area contributed by atoms with E-state index >= 15 is 0 Å². The molecular formula is C18H38O2. The van der Waals surface area contributed by atoms with Gasteiger partial charge in [0.2, 0.25) is 0 Å². The van der Waals surface area contributed by atoms with Gasteiger partial charge < -0.3 is 9.84 Å². The van der Waals surface area contributed by atoms with Crippen molar-refractivity contribution < 1.29 is 9.84 Å². The maximum Gasteiger partial charge on any atom is 0.0934 e. The number of aliphatic hydroxyl groups excluding tert-OH is 1. The largest absolute Gasteiger partial charge is 0.390 e. The molecular weight excluding hydrogens is 248 g/mol. The van der Waals surface area contributed by atoms with Crippen LogP contribution in [0.2, 0.25) is 0 Å². The molecule has 0 saturated heterocycles. The zero-order valence-electron chi connectivity index (χ0n) is 14.4. The van der Waals surface area contributed by atoms with Crippen LogP contribution in [0.15, 0.2) is 0 Å². The van der Waals surface area contributed by atoms with Crippen molar-refractivity contribution in [2.75, 3.05) is 6.61 Å². The Hall–Kier alpha value is -0.0800. The van der Waals surface area contributed by atoms with Gasteiger partial charge in [-0.3, -0.25) is 0 Å². The number of rotatable bonds is 14. The van der Waals surface area contributed by atoms with Crippen LogP contribution in [0.5, 0.6) is 0 Å². The Kier molecular flexibility index (Phi) is 12.6. The average molecular weight is 287 g/mol. The molecule has 0 fully saturated rings. The van der Waals surface area contributed by atoms with Crippen molar-refractivity contribution in [2.45, 2.75) is 110 Å². The summed E-state index contributed by atoms with van der Waals surface area (Å²) >= 11 is 0. The van der Waals surface area contributed by atoms with Crippen LogP contribution in [0.1, 0.15) is 98.3 Å². The van der Waals surface area contributed by atoms with Crippen LogP contribution in [0.3, 0.4) is 0 Å². The van der Waals surface area contributed by atoms with Gasteiger partial charge in [0.05, 0.1) is 11.7 Å². The van der Waals surface area contributed by atoms with Gasteiger partial charge in [-0.1, -0.05) is 72.1 Å². The van der Waals surface area contributed by atoms with Gasteiger partial charge in [-0.25, -0.2) is 0 Å². The van der Waals surface area contributed by atoms with Gasteiger partial charge in [0, 0.05) is 6.61 Å². The number of hydrogen-bond donors (Lipinski definition) is 1. The molecule has 122 valence electrons. The first-order valence-corrected chi connectivity index (χ1v) is 8.98. The van der Waals surface area contributed by atoms with Crippen LogP contribution in [0.4, 0.5) is 0 Å². The molecule has 2 nitrogen and oxygen atoms in total. The molecule has 0 radical (unpaired) electrons. The van der Waals surface area contributed by atoms with E-state index in [9.17, 15) is 5.11 Å². The lowest BCUT2D eigenvalue weighted by atomic mass is 9.87. The number of unbranched alkanes of at least 4 members (excludes halogenated alkanes) is 7. The van der Waals surface area contributed by atoms with E-state index < -0.39 is 0 Å². The van der Waals surface area contributed by atoms with Crippen LogP contribution in [-0.4, -0.2) is 23.4 Å². The molecule has 0 saturated carbocycles. The SMILES string of the molecule is CCCCCCCCCCC(O)C(CC)(CC)OCC. The van der Waals surface area contributed by atoms with Gasteiger partial charge in [0.15, 0.2) is 0 Å². The second-order valence-electron chi connectivity index (χ2n) is 5.98. The summed E-state index contributed by atoms with van der Waals surface area (Å²) < 4.78 is 5.86. The highest BCUT2D eigenvalue weighted by Gasteiger charge is 2.34. The van der Waals surface area contributed by atoms with E-state index in [0.29, 0.717) is 6.61 Å². The van der Waals surface area contributed by atoms with Crippen LogP contribution >= 0.6 is 0 Å². The van der Waals surface area contributed by atoms with Crippen LogP contribution in [-0.2, 0) is 4.74 Å². The second-order valence-corrected chi connectivity index (χ2v) is 5.98. The highest BCUT2D eigenvalue weighted by molar-refractivity contribution is 4.86. The van der Waals surface area contributed by atoms with E-state index in [1.165, 1.54) is 44.9 Å². The zero-order valence-corrected chi connectivity index (χ0v) is 14.4. The number of ether oxygens (including phenoxy) is 1. The summed E-state index contributed by atoms with van der Waals surface area (Å²) in [5.74, 6) is 0. The summed E-state index contributed by atoms with van der Waals surface area (Å²) in [6.45, 7) is 9.21. The molecule has 20 heavy (non-hydrogen) atoms. The number of hydrogen-bond acceptors (Lipinski definition) is 2. The summed E-state index contributed by atoms with van der Waals surface area (Å²) in [5.41, 5.74) is -0.310. The van der Waals surface area contributed by atoms with Crippen molar-refractivity contribution in [3.8, 4) is 0 Å².